The van der Waals surface area contributed by atoms with Gasteiger partial charge in [0, 0.05) is 11.5 Å². The Hall–Kier alpha value is -2.37. The highest BCUT2D eigenvalue weighted by Crippen LogP contribution is 2.30. The van der Waals surface area contributed by atoms with Gasteiger partial charge >= 0.3 is 0 Å². The van der Waals surface area contributed by atoms with Crippen molar-refractivity contribution in [1.29, 1.82) is 0 Å². The van der Waals surface area contributed by atoms with E-state index in [1.807, 2.05) is 54.6 Å². The van der Waals surface area contributed by atoms with Gasteiger partial charge in [-0.25, -0.2) is 4.21 Å². The lowest BCUT2D eigenvalue weighted by molar-refractivity contribution is 0.337. The van der Waals surface area contributed by atoms with E-state index in [4.69, 9.17) is 8.92 Å². The third-order valence-electron chi connectivity index (χ3n) is 3.95. The van der Waals surface area contributed by atoms with Gasteiger partial charge in [-0.1, -0.05) is 62.2 Å². The quantitative estimate of drug-likeness (QED) is 0.483. The van der Waals surface area contributed by atoms with Gasteiger partial charge in [-0.2, -0.15) is 0 Å². The molecule has 0 saturated heterocycles. The predicted molar refractivity (Wildman–Crippen MR) is 108 cm³/mol. The van der Waals surface area contributed by atoms with Crippen LogP contribution in [0.5, 0.6) is 11.5 Å². The Morgan fingerprint density at radius 2 is 1.77 bits per heavy atom. The van der Waals surface area contributed by atoms with E-state index in [1.165, 1.54) is 0 Å². The molecule has 1 unspecified atom stereocenters. The number of anilines is 1. The fourth-order valence-electron chi connectivity index (χ4n) is 2.65. The first-order valence-electron chi connectivity index (χ1n) is 8.83. The average molecular weight is 369 g/mol. The Balaban J connectivity index is 1.66. The van der Waals surface area contributed by atoms with Crippen LogP contribution in [0.15, 0.2) is 66.7 Å². The van der Waals surface area contributed by atoms with Crippen molar-refractivity contribution in [2.45, 2.75) is 26.2 Å². The number of hydrogen-bond donors (Lipinski definition) is 1. The summed E-state index contributed by atoms with van der Waals surface area (Å²) in [5.74, 6) is 1.46. The fourth-order valence-corrected chi connectivity index (χ4v) is 3.29. The molecule has 0 spiro atoms. The third-order valence-corrected chi connectivity index (χ3v) is 4.73. The van der Waals surface area contributed by atoms with E-state index in [1.54, 1.807) is 0 Å². The van der Waals surface area contributed by atoms with Crippen molar-refractivity contribution >= 4 is 27.7 Å². The SMILES string of the molecule is CCCCCOS(=O)Nc1cccc(Oc2cccc3ccccc23)c1. The molecule has 3 aromatic carbocycles. The highest BCUT2D eigenvalue weighted by molar-refractivity contribution is 7.81. The Labute approximate surface area is 156 Å². The number of ether oxygens (including phenoxy) is 1. The normalized spacial score (nSPS) is 12.0. The van der Waals surface area contributed by atoms with Gasteiger partial charge in [0.2, 0.25) is 0 Å². The van der Waals surface area contributed by atoms with Crippen LogP contribution >= 0.6 is 0 Å². The van der Waals surface area contributed by atoms with Gasteiger partial charge < -0.3 is 4.74 Å². The summed E-state index contributed by atoms with van der Waals surface area (Å²) in [5.41, 5.74) is 0.691. The van der Waals surface area contributed by atoms with Gasteiger partial charge in [-0.05, 0) is 30.0 Å². The van der Waals surface area contributed by atoms with Gasteiger partial charge in [0.25, 0.3) is 11.3 Å². The number of nitrogens with one attached hydrogen (secondary N) is 1. The molecule has 0 fully saturated rings. The molecule has 0 radical (unpaired) electrons. The first kappa shape index (κ1) is 18.4. The summed E-state index contributed by atoms with van der Waals surface area (Å²) in [6.07, 6.45) is 3.09. The number of hydrogen-bond acceptors (Lipinski definition) is 3. The second kappa shape index (κ2) is 9.36. The Morgan fingerprint density at radius 1 is 0.962 bits per heavy atom. The molecule has 3 rings (SSSR count). The van der Waals surface area contributed by atoms with Crippen LogP contribution in [-0.2, 0) is 15.4 Å². The summed E-state index contributed by atoms with van der Waals surface area (Å²) in [5, 5.41) is 2.18. The number of rotatable bonds is 9. The lowest BCUT2D eigenvalue weighted by atomic mass is 10.1. The molecule has 0 aliphatic carbocycles. The molecule has 0 saturated carbocycles. The fraction of sp³-hybridized carbons (Fsp3) is 0.238. The van der Waals surface area contributed by atoms with Crippen molar-refractivity contribution in [3.8, 4) is 11.5 Å². The molecule has 4 nitrogen and oxygen atoms in total. The maximum absolute atomic E-state index is 12.0. The molecule has 0 aromatic heterocycles. The highest BCUT2D eigenvalue weighted by Gasteiger charge is 2.05. The van der Waals surface area contributed by atoms with Crippen molar-refractivity contribution in [1.82, 2.24) is 0 Å². The zero-order chi connectivity index (χ0) is 18.2. The van der Waals surface area contributed by atoms with Gasteiger partial charge in [-0.15, -0.1) is 0 Å². The number of benzene rings is 3. The van der Waals surface area contributed by atoms with Crippen LogP contribution in [0, 0.1) is 0 Å². The molecule has 1 atom stereocenters. The molecule has 0 amide bonds. The molecular formula is C21H23NO3S. The summed E-state index contributed by atoms with van der Waals surface area (Å²) < 4.78 is 26.1. The van der Waals surface area contributed by atoms with Crippen molar-refractivity contribution in [2.75, 3.05) is 11.3 Å². The predicted octanol–water partition coefficient (Wildman–Crippen LogP) is 5.83. The maximum atomic E-state index is 12.0. The summed E-state index contributed by atoms with van der Waals surface area (Å²) in [4.78, 5) is 0. The van der Waals surface area contributed by atoms with Crippen molar-refractivity contribution in [2.24, 2.45) is 0 Å². The number of unbranched alkanes of at least 4 members (excludes halogenated alkanes) is 2. The van der Waals surface area contributed by atoms with E-state index in [2.05, 4.69) is 23.8 Å². The van der Waals surface area contributed by atoms with Crippen LogP contribution in [0.25, 0.3) is 10.8 Å². The lowest BCUT2D eigenvalue weighted by Crippen LogP contribution is -2.09. The van der Waals surface area contributed by atoms with E-state index in [-0.39, 0.29) is 0 Å². The zero-order valence-corrected chi connectivity index (χ0v) is 15.6. The molecule has 5 heteroatoms. The Morgan fingerprint density at radius 3 is 2.65 bits per heavy atom. The minimum absolute atomic E-state index is 0.486. The molecule has 3 aromatic rings. The second-order valence-corrected chi connectivity index (χ2v) is 6.88. The summed E-state index contributed by atoms with van der Waals surface area (Å²) in [6.45, 7) is 2.61. The standard InChI is InChI=1S/C21H23NO3S/c1-2-3-6-15-24-26(23)22-18-11-8-12-19(16-18)25-21-14-7-10-17-9-4-5-13-20(17)21/h4-5,7-14,16,22H,2-3,6,15H2,1H3. The van der Waals surface area contributed by atoms with Gasteiger partial charge in [-0.3, -0.25) is 8.91 Å². The van der Waals surface area contributed by atoms with E-state index in [0.29, 0.717) is 18.0 Å². The van der Waals surface area contributed by atoms with E-state index in [9.17, 15) is 4.21 Å². The molecule has 0 bridgehead atoms. The van der Waals surface area contributed by atoms with Crippen LogP contribution in [0.1, 0.15) is 26.2 Å². The zero-order valence-electron chi connectivity index (χ0n) is 14.8. The van der Waals surface area contributed by atoms with Crippen LogP contribution in [0.4, 0.5) is 5.69 Å². The van der Waals surface area contributed by atoms with Gasteiger partial charge in [0.15, 0.2) is 0 Å². The van der Waals surface area contributed by atoms with Crippen molar-refractivity contribution in [3.63, 3.8) is 0 Å². The molecule has 0 aliphatic rings. The van der Waals surface area contributed by atoms with Crippen molar-refractivity contribution < 1.29 is 13.1 Å². The minimum Gasteiger partial charge on any atom is -0.457 e. The average Bonchev–Trinajstić information content (AvgIpc) is 2.66. The highest BCUT2D eigenvalue weighted by atomic mass is 32.2. The molecule has 136 valence electrons. The second-order valence-electron chi connectivity index (χ2n) is 5.97. The molecule has 0 heterocycles. The topological polar surface area (TPSA) is 47.6 Å². The van der Waals surface area contributed by atoms with E-state index in [0.717, 1.165) is 35.8 Å². The summed E-state index contributed by atoms with van der Waals surface area (Å²) in [7, 11) is 0. The Bertz CT molecular complexity index is 877. The smallest absolute Gasteiger partial charge is 0.261 e. The number of fused-ring (bicyclic) bond motifs is 1. The third kappa shape index (κ3) is 5.07. The first-order valence-corrected chi connectivity index (χ1v) is 9.91. The van der Waals surface area contributed by atoms with Crippen LogP contribution < -0.4 is 9.46 Å². The lowest BCUT2D eigenvalue weighted by Gasteiger charge is -2.11. The van der Waals surface area contributed by atoms with Crippen LogP contribution in [0.2, 0.25) is 0 Å². The van der Waals surface area contributed by atoms with E-state index < -0.39 is 11.3 Å². The largest absolute Gasteiger partial charge is 0.457 e. The van der Waals surface area contributed by atoms with Crippen molar-refractivity contribution in [3.05, 3.63) is 66.7 Å². The molecule has 26 heavy (non-hydrogen) atoms. The van der Waals surface area contributed by atoms with E-state index >= 15 is 0 Å². The molecule has 0 aliphatic heterocycles. The monoisotopic (exact) mass is 369 g/mol. The summed E-state index contributed by atoms with van der Waals surface area (Å²) in [6, 6.07) is 21.4. The first-order chi connectivity index (χ1) is 12.8. The Kier molecular flexibility index (Phi) is 6.63. The van der Waals surface area contributed by atoms with Crippen LogP contribution in [-0.4, -0.2) is 10.8 Å². The molecule has 1 N–H and O–H groups in total. The van der Waals surface area contributed by atoms with Gasteiger partial charge in [0.1, 0.15) is 11.5 Å². The maximum Gasteiger partial charge on any atom is 0.261 e. The minimum atomic E-state index is -1.56. The summed E-state index contributed by atoms with van der Waals surface area (Å²) >= 11 is -1.56. The van der Waals surface area contributed by atoms with Crippen LogP contribution in [0.3, 0.4) is 0 Å². The van der Waals surface area contributed by atoms with Gasteiger partial charge in [0.05, 0.1) is 12.3 Å². The molecular weight excluding hydrogens is 346 g/mol.